The maximum atomic E-state index is 11.4. The highest BCUT2D eigenvalue weighted by Crippen LogP contribution is 2.10. The summed E-state index contributed by atoms with van der Waals surface area (Å²) in [7, 11) is 0. The second-order valence-corrected chi connectivity index (χ2v) is 3.69. The van der Waals surface area contributed by atoms with Gasteiger partial charge in [0.1, 0.15) is 0 Å². The van der Waals surface area contributed by atoms with E-state index in [0.717, 1.165) is 12.2 Å². The van der Waals surface area contributed by atoms with Gasteiger partial charge in [-0.25, -0.2) is 4.79 Å². The number of hydrogen-bond acceptors (Lipinski definition) is 3. The Morgan fingerprint density at radius 2 is 1.94 bits per heavy atom. The Kier molecular flexibility index (Phi) is 5.42. The number of ether oxygens (including phenoxy) is 1. The summed E-state index contributed by atoms with van der Waals surface area (Å²) < 4.78 is 4.89. The molecule has 1 aromatic rings. The quantitative estimate of drug-likeness (QED) is 0.635. The van der Waals surface area contributed by atoms with Gasteiger partial charge in [-0.2, -0.15) is 0 Å². The normalized spacial score (nSPS) is 9.53. The Hall–Kier alpha value is -1.62. The Balaban J connectivity index is 2.61. The zero-order valence-electron chi connectivity index (χ0n) is 9.95. The minimum absolute atomic E-state index is 0.312. The number of carbonyl (C=O) groups is 1. The van der Waals surface area contributed by atoms with Gasteiger partial charge in [0.2, 0.25) is 0 Å². The van der Waals surface area contributed by atoms with E-state index in [-0.39, 0.29) is 5.97 Å². The molecule has 0 aliphatic carbocycles. The molecule has 0 heterocycles. The molecule has 0 atom stereocenters. The number of benzene rings is 1. The summed E-state index contributed by atoms with van der Waals surface area (Å²) in [4.78, 5) is 11.4. The lowest BCUT2D eigenvalue weighted by Crippen LogP contribution is -2.27. The lowest BCUT2D eigenvalue weighted by Gasteiger charge is -2.09. The van der Waals surface area contributed by atoms with Crippen molar-refractivity contribution < 1.29 is 9.53 Å². The van der Waals surface area contributed by atoms with Crippen LogP contribution in [0.15, 0.2) is 24.3 Å². The van der Waals surface area contributed by atoms with E-state index in [9.17, 15) is 4.79 Å². The third-order valence-electron chi connectivity index (χ3n) is 1.99. The first-order valence-electron chi connectivity index (χ1n) is 5.49. The third kappa shape index (κ3) is 4.40. The van der Waals surface area contributed by atoms with E-state index >= 15 is 0 Å². The van der Waals surface area contributed by atoms with Crippen molar-refractivity contribution in [3.8, 4) is 0 Å². The zero-order valence-corrected chi connectivity index (χ0v) is 10.8. The van der Waals surface area contributed by atoms with E-state index in [1.807, 2.05) is 6.92 Å². The van der Waals surface area contributed by atoms with Crippen LogP contribution in [-0.4, -0.2) is 24.2 Å². The van der Waals surface area contributed by atoms with Crippen molar-refractivity contribution in [1.29, 1.82) is 0 Å². The van der Waals surface area contributed by atoms with E-state index < -0.39 is 0 Å². The van der Waals surface area contributed by atoms with Crippen LogP contribution < -0.4 is 10.6 Å². The molecule has 17 heavy (non-hydrogen) atoms. The van der Waals surface area contributed by atoms with Gasteiger partial charge in [0, 0.05) is 12.2 Å². The molecule has 0 aromatic heterocycles. The molecule has 1 aromatic carbocycles. The van der Waals surface area contributed by atoms with Crippen LogP contribution in [0.4, 0.5) is 5.69 Å². The van der Waals surface area contributed by atoms with Gasteiger partial charge in [0.05, 0.1) is 12.2 Å². The van der Waals surface area contributed by atoms with Crippen molar-refractivity contribution in [2.45, 2.75) is 13.8 Å². The highest BCUT2D eigenvalue weighted by atomic mass is 32.1. The van der Waals surface area contributed by atoms with Gasteiger partial charge in [0.15, 0.2) is 5.11 Å². The zero-order chi connectivity index (χ0) is 12.7. The summed E-state index contributed by atoms with van der Waals surface area (Å²) >= 11 is 5.05. The molecule has 2 N–H and O–H groups in total. The second kappa shape index (κ2) is 6.85. The lowest BCUT2D eigenvalue weighted by atomic mass is 10.2. The number of carbonyl (C=O) groups excluding carboxylic acids is 1. The fourth-order valence-corrected chi connectivity index (χ4v) is 1.50. The summed E-state index contributed by atoms with van der Waals surface area (Å²) in [5.74, 6) is -0.312. The minimum atomic E-state index is -0.312. The van der Waals surface area contributed by atoms with Crippen LogP contribution in [0.2, 0.25) is 0 Å². The number of esters is 1. The Labute approximate surface area is 106 Å². The van der Waals surface area contributed by atoms with Crippen molar-refractivity contribution in [3.63, 3.8) is 0 Å². The topological polar surface area (TPSA) is 50.4 Å². The molecule has 0 bridgehead atoms. The minimum Gasteiger partial charge on any atom is -0.462 e. The van der Waals surface area contributed by atoms with Crippen molar-refractivity contribution in [1.82, 2.24) is 5.32 Å². The average Bonchev–Trinajstić information content (AvgIpc) is 2.30. The van der Waals surface area contributed by atoms with Crippen LogP contribution in [0.1, 0.15) is 24.2 Å². The summed E-state index contributed by atoms with van der Waals surface area (Å²) in [6, 6.07) is 6.98. The number of anilines is 1. The lowest BCUT2D eigenvalue weighted by molar-refractivity contribution is 0.0526. The highest BCUT2D eigenvalue weighted by molar-refractivity contribution is 7.80. The van der Waals surface area contributed by atoms with Gasteiger partial charge in [-0.05, 0) is 50.3 Å². The average molecular weight is 252 g/mol. The molecule has 5 heteroatoms. The van der Waals surface area contributed by atoms with Gasteiger partial charge in [-0.3, -0.25) is 0 Å². The van der Waals surface area contributed by atoms with Crippen LogP contribution in [0.5, 0.6) is 0 Å². The molecule has 1 rings (SSSR count). The van der Waals surface area contributed by atoms with Gasteiger partial charge < -0.3 is 15.4 Å². The predicted octanol–water partition coefficient (Wildman–Crippen LogP) is 2.17. The molecule has 0 unspecified atom stereocenters. The standard InChI is InChI=1S/C12H16N2O2S/c1-3-13-12(17)14-10-7-5-9(6-8-10)11(15)16-4-2/h5-8H,3-4H2,1-2H3,(H2,13,14,17). The molecule has 0 aliphatic rings. The van der Waals surface area contributed by atoms with Crippen molar-refractivity contribution in [2.24, 2.45) is 0 Å². The van der Waals surface area contributed by atoms with Gasteiger partial charge in [-0.1, -0.05) is 0 Å². The van der Waals surface area contributed by atoms with E-state index in [2.05, 4.69) is 10.6 Å². The molecule has 0 radical (unpaired) electrons. The molecule has 92 valence electrons. The number of rotatable bonds is 4. The predicted molar refractivity (Wildman–Crippen MR) is 72.3 cm³/mol. The number of hydrogen-bond donors (Lipinski definition) is 2. The maximum absolute atomic E-state index is 11.4. The molecular formula is C12H16N2O2S. The van der Waals surface area contributed by atoms with E-state index in [0.29, 0.717) is 17.3 Å². The fourth-order valence-electron chi connectivity index (χ4n) is 1.24. The van der Waals surface area contributed by atoms with Crippen molar-refractivity contribution in [2.75, 3.05) is 18.5 Å². The Morgan fingerprint density at radius 1 is 1.29 bits per heavy atom. The third-order valence-corrected chi connectivity index (χ3v) is 2.24. The highest BCUT2D eigenvalue weighted by Gasteiger charge is 2.05. The molecule has 4 nitrogen and oxygen atoms in total. The van der Waals surface area contributed by atoms with Crippen LogP contribution >= 0.6 is 12.2 Å². The molecule has 0 saturated heterocycles. The first kappa shape index (κ1) is 13.4. The molecular weight excluding hydrogens is 236 g/mol. The molecule has 0 spiro atoms. The van der Waals surface area contributed by atoms with Crippen LogP contribution in [0, 0.1) is 0 Å². The monoisotopic (exact) mass is 252 g/mol. The van der Waals surface area contributed by atoms with E-state index in [1.165, 1.54) is 0 Å². The van der Waals surface area contributed by atoms with Crippen molar-refractivity contribution >= 4 is 29.0 Å². The number of nitrogens with one attached hydrogen (secondary N) is 2. The summed E-state index contributed by atoms with van der Waals surface area (Å²) in [5.41, 5.74) is 1.37. The smallest absolute Gasteiger partial charge is 0.338 e. The maximum Gasteiger partial charge on any atom is 0.338 e. The van der Waals surface area contributed by atoms with E-state index in [1.54, 1.807) is 31.2 Å². The molecule has 0 saturated carbocycles. The Morgan fingerprint density at radius 3 is 2.47 bits per heavy atom. The SMILES string of the molecule is CCNC(=S)Nc1ccc(C(=O)OCC)cc1. The first-order valence-corrected chi connectivity index (χ1v) is 5.90. The van der Waals surface area contributed by atoms with Crippen molar-refractivity contribution in [3.05, 3.63) is 29.8 Å². The summed E-state index contributed by atoms with van der Waals surface area (Å²) in [6.45, 7) is 4.90. The van der Waals surface area contributed by atoms with Crippen LogP contribution in [0.25, 0.3) is 0 Å². The Bertz CT molecular complexity index is 390. The van der Waals surface area contributed by atoms with Crippen LogP contribution in [-0.2, 0) is 4.74 Å². The largest absolute Gasteiger partial charge is 0.462 e. The van der Waals surface area contributed by atoms with E-state index in [4.69, 9.17) is 17.0 Å². The van der Waals surface area contributed by atoms with Gasteiger partial charge in [0.25, 0.3) is 0 Å². The molecule has 0 amide bonds. The molecule has 0 aliphatic heterocycles. The van der Waals surface area contributed by atoms with Gasteiger partial charge in [-0.15, -0.1) is 0 Å². The fraction of sp³-hybridized carbons (Fsp3) is 0.333. The second-order valence-electron chi connectivity index (χ2n) is 3.28. The molecule has 0 fully saturated rings. The summed E-state index contributed by atoms with van der Waals surface area (Å²) in [5, 5.41) is 6.56. The van der Waals surface area contributed by atoms with Crippen LogP contribution in [0.3, 0.4) is 0 Å². The number of thiocarbonyl (C=S) groups is 1. The van der Waals surface area contributed by atoms with Gasteiger partial charge >= 0.3 is 5.97 Å². The summed E-state index contributed by atoms with van der Waals surface area (Å²) in [6.07, 6.45) is 0. The first-order chi connectivity index (χ1) is 8.17.